The van der Waals surface area contributed by atoms with Gasteiger partial charge in [0, 0.05) is 24.1 Å². The molecule has 2 aromatic rings. The van der Waals surface area contributed by atoms with Crippen LogP contribution in [0.15, 0.2) is 54.6 Å². The van der Waals surface area contributed by atoms with Crippen LogP contribution in [0.5, 0.6) is 11.5 Å². The number of piperidine rings is 1. The minimum absolute atomic E-state index is 0.0591. The van der Waals surface area contributed by atoms with Gasteiger partial charge in [-0.2, -0.15) is 0 Å². The number of amides is 1. The van der Waals surface area contributed by atoms with E-state index in [0.717, 1.165) is 42.9 Å². The largest absolute Gasteiger partial charge is 0.496 e. The Bertz CT molecular complexity index is 764. The summed E-state index contributed by atoms with van der Waals surface area (Å²) < 4.78 is 11.2. The molecule has 1 aliphatic rings. The van der Waals surface area contributed by atoms with Crippen LogP contribution < -0.4 is 9.47 Å². The van der Waals surface area contributed by atoms with Crippen molar-refractivity contribution in [3.63, 3.8) is 0 Å². The SMILES string of the molecule is COc1ccccc1CC(=O)N1CCC[C@](CO)(CCOc2ccccc2)C1. The number of carbonyl (C=O) groups excluding carboxylic acids is 1. The Morgan fingerprint density at radius 1 is 1.14 bits per heavy atom. The van der Waals surface area contributed by atoms with E-state index in [1.54, 1.807) is 7.11 Å². The van der Waals surface area contributed by atoms with E-state index in [0.29, 0.717) is 19.6 Å². The Morgan fingerprint density at radius 2 is 1.89 bits per heavy atom. The maximum absolute atomic E-state index is 12.9. The van der Waals surface area contributed by atoms with Gasteiger partial charge in [-0.05, 0) is 37.5 Å². The van der Waals surface area contributed by atoms with Gasteiger partial charge in [0.15, 0.2) is 0 Å². The molecule has 5 nitrogen and oxygen atoms in total. The van der Waals surface area contributed by atoms with Crippen LogP contribution in [0.2, 0.25) is 0 Å². The van der Waals surface area contributed by atoms with Crippen molar-refractivity contribution in [2.24, 2.45) is 5.41 Å². The number of likely N-dealkylation sites (tertiary alicyclic amines) is 1. The second-order valence-corrected chi connectivity index (χ2v) is 7.48. The molecule has 0 spiro atoms. The summed E-state index contributed by atoms with van der Waals surface area (Å²) in [7, 11) is 1.62. The van der Waals surface area contributed by atoms with Gasteiger partial charge in [0.05, 0.1) is 26.7 Å². The van der Waals surface area contributed by atoms with Crippen molar-refractivity contribution in [3.8, 4) is 11.5 Å². The predicted octanol–water partition coefficient (Wildman–Crippen LogP) is 3.31. The lowest BCUT2D eigenvalue weighted by molar-refractivity contribution is -0.135. The molecule has 0 radical (unpaired) electrons. The van der Waals surface area contributed by atoms with Crippen molar-refractivity contribution in [1.82, 2.24) is 4.90 Å². The number of aliphatic hydroxyl groups excluding tert-OH is 1. The van der Waals surface area contributed by atoms with E-state index < -0.39 is 0 Å². The monoisotopic (exact) mass is 383 g/mol. The van der Waals surface area contributed by atoms with Gasteiger partial charge in [-0.15, -0.1) is 0 Å². The Kier molecular flexibility index (Phi) is 6.93. The molecular weight excluding hydrogens is 354 g/mol. The number of nitrogens with zero attached hydrogens (tertiary/aromatic N) is 1. The van der Waals surface area contributed by atoms with Gasteiger partial charge in [0.25, 0.3) is 0 Å². The third-order valence-electron chi connectivity index (χ3n) is 5.53. The van der Waals surface area contributed by atoms with Gasteiger partial charge in [-0.1, -0.05) is 36.4 Å². The second-order valence-electron chi connectivity index (χ2n) is 7.48. The molecule has 5 heteroatoms. The molecule has 1 saturated heterocycles. The minimum atomic E-state index is -0.302. The first-order chi connectivity index (χ1) is 13.7. The van der Waals surface area contributed by atoms with Gasteiger partial charge < -0.3 is 19.5 Å². The number of hydrogen-bond acceptors (Lipinski definition) is 4. The third kappa shape index (κ3) is 5.04. The van der Waals surface area contributed by atoms with E-state index in [9.17, 15) is 9.90 Å². The molecule has 0 aromatic heterocycles. The molecule has 0 saturated carbocycles. The molecule has 1 heterocycles. The minimum Gasteiger partial charge on any atom is -0.496 e. The fourth-order valence-electron chi connectivity index (χ4n) is 3.86. The molecule has 2 aromatic carbocycles. The number of aliphatic hydroxyl groups is 1. The van der Waals surface area contributed by atoms with E-state index in [4.69, 9.17) is 9.47 Å². The zero-order chi connectivity index (χ0) is 19.8. The van der Waals surface area contributed by atoms with E-state index >= 15 is 0 Å². The lowest BCUT2D eigenvalue weighted by atomic mass is 9.78. The maximum Gasteiger partial charge on any atom is 0.227 e. The van der Waals surface area contributed by atoms with E-state index in [-0.39, 0.29) is 17.9 Å². The summed E-state index contributed by atoms with van der Waals surface area (Å²) in [6.07, 6.45) is 2.83. The quantitative estimate of drug-likeness (QED) is 0.760. The van der Waals surface area contributed by atoms with Crippen molar-refractivity contribution in [3.05, 3.63) is 60.2 Å². The molecule has 1 aliphatic heterocycles. The summed E-state index contributed by atoms with van der Waals surface area (Å²) >= 11 is 0. The number of benzene rings is 2. The van der Waals surface area contributed by atoms with E-state index in [1.807, 2.05) is 59.5 Å². The number of hydrogen-bond donors (Lipinski definition) is 1. The average molecular weight is 383 g/mol. The summed E-state index contributed by atoms with van der Waals surface area (Å²) in [6.45, 7) is 1.88. The van der Waals surface area contributed by atoms with Crippen molar-refractivity contribution in [2.45, 2.75) is 25.7 Å². The highest BCUT2D eigenvalue weighted by Gasteiger charge is 2.36. The van der Waals surface area contributed by atoms with Crippen LogP contribution in [0.25, 0.3) is 0 Å². The molecular formula is C23H29NO4. The standard InChI is InChI=1S/C23H29NO4/c1-27-21-11-6-5-8-19(21)16-22(26)24-14-7-12-23(17-24,18-25)13-15-28-20-9-3-2-4-10-20/h2-6,8-11,25H,7,12-18H2,1H3/t23-/m0/s1. The van der Waals surface area contributed by atoms with Crippen molar-refractivity contribution in [1.29, 1.82) is 0 Å². The Balaban J connectivity index is 1.59. The maximum atomic E-state index is 12.9. The lowest BCUT2D eigenvalue weighted by Gasteiger charge is -2.42. The van der Waals surface area contributed by atoms with Crippen LogP contribution in [-0.2, 0) is 11.2 Å². The molecule has 0 aliphatic carbocycles. The van der Waals surface area contributed by atoms with Crippen LogP contribution in [0.1, 0.15) is 24.8 Å². The first-order valence-corrected chi connectivity index (χ1v) is 9.84. The van der Waals surface area contributed by atoms with Crippen molar-refractivity contribution >= 4 is 5.91 Å². The van der Waals surface area contributed by atoms with E-state index in [1.165, 1.54) is 0 Å². The summed E-state index contributed by atoms with van der Waals surface area (Å²) in [5, 5.41) is 10.1. The molecule has 1 N–H and O–H groups in total. The fourth-order valence-corrected chi connectivity index (χ4v) is 3.86. The zero-order valence-corrected chi connectivity index (χ0v) is 16.5. The van der Waals surface area contributed by atoms with Gasteiger partial charge in [0.1, 0.15) is 11.5 Å². The summed E-state index contributed by atoms with van der Waals surface area (Å²) in [4.78, 5) is 14.8. The highest BCUT2D eigenvalue weighted by Crippen LogP contribution is 2.34. The molecule has 1 fully saturated rings. The van der Waals surface area contributed by atoms with Crippen LogP contribution in [-0.4, -0.2) is 49.3 Å². The third-order valence-corrected chi connectivity index (χ3v) is 5.53. The van der Waals surface area contributed by atoms with Crippen molar-refractivity contribution < 1.29 is 19.4 Å². The molecule has 3 rings (SSSR count). The van der Waals surface area contributed by atoms with Crippen LogP contribution >= 0.6 is 0 Å². The summed E-state index contributed by atoms with van der Waals surface area (Å²) in [6, 6.07) is 17.3. The Morgan fingerprint density at radius 3 is 2.64 bits per heavy atom. The van der Waals surface area contributed by atoms with Crippen LogP contribution in [0.4, 0.5) is 0 Å². The first kappa shape index (κ1) is 20.2. The van der Waals surface area contributed by atoms with E-state index in [2.05, 4.69) is 0 Å². The summed E-state index contributed by atoms with van der Waals surface area (Å²) in [5.41, 5.74) is 0.589. The number of rotatable bonds is 8. The Hall–Kier alpha value is -2.53. The van der Waals surface area contributed by atoms with Gasteiger partial charge in [-0.3, -0.25) is 4.79 Å². The van der Waals surface area contributed by atoms with Gasteiger partial charge in [-0.25, -0.2) is 0 Å². The molecule has 0 bridgehead atoms. The predicted molar refractivity (Wildman–Crippen MR) is 109 cm³/mol. The molecule has 0 unspecified atom stereocenters. The van der Waals surface area contributed by atoms with Crippen LogP contribution in [0.3, 0.4) is 0 Å². The second kappa shape index (κ2) is 9.60. The van der Waals surface area contributed by atoms with Crippen molar-refractivity contribution in [2.75, 3.05) is 33.4 Å². The number of ether oxygens (including phenoxy) is 2. The molecule has 1 amide bonds. The first-order valence-electron chi connectivity index (χ1n) is 9.84. The molecule has 28 heavy (non-hydrogen) atoms. The fraction of sp³-hybridized carbons (Fsp3) is 0.435. The summed E-state index contributed by atoms with van der Waals surface area (Å²) in [5.74, 6) is 1.64. The highest BCUT2D eigenvalue weighted by molar-refractivity contribution is 5.79. The van der Waals surface area contributed by atoms with Gasteiger partial charge >= 0.3 is 0 Å². The molecule has 1 atom stereocenters. The highest BCUT2D eigenvalue weighted by atomic mass is 16.5. The van der Waals surface area contributed by atoms with Gasteiger partial charge in [0.2, 0.25) is 5.91 Å². The van der Waals surface area contributed by atoms with Crippen LogP contribution in [0, 0.1) is 5.41 Å². The topological polar surface area (TPSA) is 59.0 Å². The Labute approximate surface area is 166 Å². The number of para-hydroxylation sites is 2. The smallest absolute Gasteiger partial charge is 0.227 e. The number of carbonyl (C=O) groups is 1. The average Bonchev–Trinajstić information content (AvgIpc) is 2.75. The lowest BCUT2D eigenvalue weighted by Crippen LogP contribution is -2.49. The number of methoxy groups -OCH3 is 1. The molecule has 150 valence electrons. The zero-order valence-electron chi connectivity index (χ0n) is 16.5. The normalized spacial score (nSPS) is 19.3.